The Hall–Kier alpha value is -4.09. The molecule has 3 aromatic carbocycles. The molecule has 35 heavy (non-hydrogen) atoms. The van der Waals surface area contributed by atoms with E-state index in [9.17, 15) is 26.8 Å². The molecule has 2 N–H and O–H groups in total. The maximum atomic E-state index is 13.5. The van der Waals surface area contributed by atoms with Gasteiger partial charge in [-0.05, 0) is 48.5 Å². The number of benzene rings is 3. The van der Waals surface area contributed by atoms with Crippen molar-refractivity contribution in [3.05, 3.63) is 89.7 Å². The predicted octanol–water partition coefficient (Wildman–Crippen LogP) is 4.47. The molecule has 0 atom stereocenters. The largest absolute Gasteiger partial charge is 0.449 e. The van der Waals surface area contributed by atoms with E-state index < -0.39 is 33.5 Å². The van der Waals surface area contributed by atoms with Gasteiger partial charge in [-0.15, -0.1) is 0 Å². The number of nitrogens with one attached hydrogen (secondary N) is 2. The van der Waals surface area contributed by atoms with Crippen LogP contribution in [0.1, 0.15) is 20.9 Å². The van der Waals surface area contributed by atoms with E-state index in [0.29, 0.717) is 11.0 Å². The number of hydrogen-bond donors (Lipinski definition) is 2. The van der Waals surface area contributed by atoms with Crippen LogP contribution in [0.4, 0.5) is 20.2 Å². The zero-order chi connectivity index (χ0) is 25.3. The first-order valence-electron chi connectivity index (χ1n) is 10.2. The number of halogens is 2. The Balaban J connectivity index is 1.65. The van der Waals surface area contributed by atoms with E-state index in [1.54, 1.807) is 24.3 Å². The third-order valence-electron chi connectivity index (χ3n) is 5.11. The first kappa shape index (κ1) is 24.0. The number of sulfonamides is 1. The number of carbonyl (C=O) groups excluding carboxylic acids is 2. The van der Waals surface area contributed by atoms with Gasteiger partial charge in [0.1, 0.15) is 11.3 Å². The summed E-state index contributed by atoms with van der Waals surface area (Å²) in [6, 6.07) is 14.7. The molecule has 180 valence electrons. The van der Waals surface area contributed by atoms with Gasteiger partial charge in [-0.25, -0.2) is 21.5 Å². The lowest BCUT2D eigenvalue weighted by atomic mass is 10.1. The first-order valence-corrected chi connectivity index (χ1v) is 11.6. The quantitative estimate of drug-likeness (QED) is 0.407. The summed E-state index contributed by atoms with van der Waals surface area (Å²) in [4.78, 5) is 25.8. The maximum absolute atomic E-state index is 13.5. The van der Waals surface area contributed by atoms with Crippen LogP contribution >= 0.6 is 0 Å². The van der Waals surface area contributed by atoms with Crippen molar-refractivity contribution in [2.75, 3.05) is 24.7 Å². The molecule has 1 aromatic heterocycles. The zero-order valence-corrected chi connectivity index (χ0v) is 19.3. The number of furan rings is 1. The summed E-state index contributed by atoms with van der Waals surface area (Å²) < 4.78 is 57.9. The molecule has 0 aliphatic carbocycles. The smallest absolute Gasteiger partial charge is 0.293 e. The summed E-state index contributed by atoms with van der Waals surface area (Å²) >= 11 is 0. The van der Waals surface area contributed by atoms with Gasteiger partial charge in [-0.3, -0.25) is 9.59 Å². The van der Waals surface area contributed by atoms with Crippen molar-refractivity contribution < 1.29 is 31.2 Å². The Morgan fingerprint density at radius 1 is 0.857 bits per heavy atom. The molecule has 1 heterocycles. The number of hydrogen-bond acceptors (Lipinski definition) is 5. The Morgan fingerprint density at radius 2 is 1.54 bits per heavy atom. The second-order valence-electron chi connectivity index (χ2n) is 7.65. The molecule has 0 fully saturated rings. The number of para-hydroxylation sites is 1. The lowest BCUT2D eigenvalue weighted by Gasteiger charge is -2.12. The highest BCUT2D eigenvalue weighted by atomic mass is 32.2. The summed E-state index contributed by atoms with van der Waals surface area (Å²) in [7, 11) is -0.877. The summed E-state index contributed by atoms with van der Waals surface area (Å²) in [5, 5.41) is 5.48. The minimum atomic E-state index is -3.67. The van der Waals surface area contributed by atoms with Gasteiger partial charge in [0.25, 0.3) is 11.8 Å². The highest BCUT2D eigenvalue weighted by Gasteiger charge is 2.24. The molecule has 0 radical (unpaired) electrons. The van der Waals surface area contributed by atoms with Gasteiger partial charge in [-0.2, -0.15) is 0 Å². The third-order valence-corrected chi connectivity index (χ3v) is 6.94. The molecule has 0 aliphatic heterocycles. The average molecular weight is 499 g/mol. The maximum Gasteiger partial charge on any atom is 0.293 e. The first-order chi connectivity index (χ1) is 16.6. The SMILES string of the molecule is CN(C)S(=O)(=O)c1ccc(C(=O)Nc2c(C(=O)Nc3ccc(F)c(F)c3)oc3ccccc23)cc1. The standard InChI is InChI=1S/C24H19F2N3O5S/c1-29(2)35(32,33)16-10-7-14(8-11-16)23(30)28-21-17-5-3-4-6-20(17)34-22(21)24(31)27-15-9-12-18(25)19(26)13-15/h3-13H,1-2H3,(H,27,31)(H,28,30). The van der Waals surface area contributed by atoms with Gasteiger partial charge in [0, 0.05) is 36.8 Å². The lowest BCUT2D eigenvalue weighted by Crippen LogP contribution is -2.22. The number of rotatable bonds is 6. The van der Waals surface area contributed by atoms with Crippen molar-refractivity contribution in [2.45, 2.75) is 4.90 Å². The van der Waals surface area contributed by atoms with Gasteiger partial charge >= 0.3 is 0 Å². The van der Waals surface area contributed by atoms with Crippen molar-refractivity contribution in [1.82, 2.24) is 4.31 Å². The molecule has 0 unspecified atom stereocenters. The molecule has 11 heteroatoms. The molecule has 0 saturated carbocycles. The number of anilines is 2. The average Bonchev–Trinajstić information content (AvgIpc) is 3.20. The Morgan fingerprint density at radius 3 is 2.20 bits per heavy atom. The summed E-state index contributed by atoms with van der Waals surface area (Å²) in [5.41, 5.74) is 0.505. The van der Waals surface area contributed by atoms with Gasteiger partial charge in [-0.1, -0.05) is 12.1 Å². The molecule has 4 aromatic rings. The van der Waals surface area contributed by atoms with Gasteiger partial charge in [0.15, 0.2) is 11.6 Å². The summed E-state index contributed by atoms with van der Waals surface area (Å²) in [6.07, 6.45) is 0. The fraction of sp³-hybridized carbons (Fsp3) is 0.0833. The normalized spacial score (nSPS) is 11.6. The number of carbonyl (C=O) groups is 2. The van der Waals surface area contributed by atoms with Gasteiger partial charge in [0.05, 0.1) is 4.90 Å². The van der Waals surface area contributed by atoms with Crippen molar-refractivity contribution in [3.63, 3.8) is 0 Å². The second kappa shape index (κ2) is 9.28. The number of fused-ring (bicyclic) bond motifs is 1. The number of amides is 2. The number of nitrogens with zero attached hydrogens (tertiary/aromatic N) is 1. The highest BCUT2D eigenvalue weighted by Crippen LogP contribution is 2.32. The monoisotopic (exact) mass is 499 g/mol. The Kier molecular flexibility index (Phi) is 6.37. The summed E-state index contributed by atoms with van der Waals surface area (Å²) in [5.74, 6) is -3.87. The molecular formula is C24H19F2N3O5S. The van der Waals surface area contributed by atoms with Crippen molar-refractivity contribution in [1.29, 1.82) is 0 Å². The van der Waals surface area contributed by atoms with Crippen LogP contribution in [0.25, 0.3) is 11.0 Å². The van der Waals surface area contributed by atoms with E-state index >= 15 is 0 Å². The molecule has 0 spiro atoms. The van der Waals surface area contributed by atoms with Crippen LogP contribution in [0.2, 0.25) is 0 Å². The van der Waals surface area contributed by atoms with Crippen LogP contribution in [0.15, 0.2) is 76.0 Å². The van der Waals surface area contributed by atoms with Crippen LogP contribution in [0.5, 0.6) is 0 Å². The lowest BCUT2D eigenvalue weighted by molar-refractivity contribution is 0.0999. The van der Waals surface area contributed by atoms with Crippen LogP contribution in [0, 0.1) is 11.6 Å². The van der Waals surface area contributed by atoms with E-state index in [-0.39, 0.29) is 27.6 Å². The fourth-order valence-corrected chi connectivity index (χ4v) is 4.17. The van der Waals surface area contributed by atoms with E-state index in [0.717, 1.165) is 16.4 Å². The minimum Gasteiger partial charge on any atom is -0.449 e. The molecule has 0 aliphatic rings. The van der Waals surface area contributed by atoms with Crippen LogP contribution < -0.4 is 10.6 Å². The second-order valence-corrected chi connectivity index (χ2v) is 9.80. The van der Waals surface area contributed by atoms with Crippen molar-refractivity contribution >= 4 is 44.2 Å². The summed E-state index contributed by atoms with van der Waals surface area (Å²) in [6.45, 7) is 0. The molecule has 0 saturated heterocycles. The topological polar surface area (TPSA) is 109 Å². The van der Waals surface area contributed by atoms with Crippen LogP contribution in [-0.4, -0.2) is 38.6 Å². The third kappa shape index (κ3) is 4.77. The van der Waals surface area contributed by atoms with E-state index in [1.165, 1.54) is 44.4 Å². The molecule has 0 bridgehead atoms. The predicted molar refractivity (Wildman–Crippen MR) is 126 cm³/mol. The van der Waals surface area contributed by atoms with Crippen LogP contribution in [-0.2, 0) is 10.0 Å². The Bertz CT molecular complexity index is 1550. The van der Waals surface area contributed by atoms with Crippen molar-refractivity contribution in [3.8, 4) is 0 Å². The minimum absolute atomic E-state index is 0.00989. The molecular weight excluding hydrogens is 480 g/mol. The van der Waals surface area contributed by atoms with E-state index in [2.05, 4.69) is 10.6 Å². The fourth-order valence-electron chi connectivity index (χ4n) is 3.27. The van der Waals surface area contributed by atoms with E-state index in [4.69, 9.17) is 4.42 Å². The highest BCUT2D eigenvalue weighted by molar-refractivity contribution is 7.89. The van der Waals surface area contributed by atoms with Crippen molar-refractivity contribution in [2.24, 2.45) is 0 Å². The molecule has 2 amide bonds. The zero-order valence-electron chi connectivity index (χ0n) is 18.5. The van der Waals surface area contributed by atoms with Gasteiger partial charge < -0.3 is 15.1 Å². The molecule has 4 rings (SSSR count). The Labute approximate surface area is 199 Å². The van der Waals surface area contributed by atoms with E-state index in [1.807, 2.05) is 0 Å². The van der Waals surface area contributed by atoms with Gasteiger partial charge in [0.2, 0.25) is 15.8 Å². The van der Waals surface area contributed by atoms with Crippen LogP contribution in [0.3, 0.4) is 0 Å². The molecule has 8 nitrogen and oxygen atoms in total.